The highest BCUT2D eigenvalue weighted by Crippen LogP contribution is 2.26. The predicted octanol–water partition coefficient (Wildman–Crippen LogP) is 3.95. The van der Waals surface area contributed by atoms with Crippen LogP contribution < -0.4 is 9.46 Å². The number of benzene rings is 2. The Morgan fingerprint density at radius 3 is 2.48 bits per heavy atom. The van der Waals surface area contributed by atoms with Gasteiger partial charge in [0.15, 0.2) is 0 Å². The van der Waals surface area contributed by atoms with Crippen molar-refractivity contribution in [3.63, 3.8) is 0 Å². The number of aryl methyl sites for hydroxylation is 1. The molecule has 2 aromatic carbocycles. The molecule has 1 aliphatic heterocycles. The second-order valence-electron chi connectivity index (χ2n) is 7.90. The van der Waals surface area contributed by atoms with Gasteiger partial charge >= 0.3 is 0 Å². The summed E-state index contributed by atoms with van der Waals surface area (Å²) in [5.41, 5.74) is 1.47. The summed E-state index contributed by atoms with van der Waals surface area (Å²) in [6.45, 7) is 5.85. The third-order valence-electron chi connectivity index (χ3n) is 5.47. The Hall–Kier alpha value is -2.03. The predicted molar refractivity (Wildman–Crippen MR) is 124 cm³/mol. The van der Waals surface area contributed by atoms with Crippen LogP contribution in [-0.2, 0) is 10.0 Å². The topological polar surface area (TPSA) is 75.7 Å². The Labute approximate surface area is 189 Å². The van der Waals surface area contributed by atoms with Crippen molar-refractivity contribution >= 4 is 27.7 Å². The van der Waals surface area contributed by atoms with Crippen LogP contribution in [0.3, 0.4) is 0 Å². The SMILES string of the molecule is COc1ccc(S(=O)(=O)NCCSc2ccc(C)cc2)cc1C(=O)N1CCC(C)CC1. The Kier molecular flexibility index (Phi) is 8.02. The summed E-state index contributed by atoms with van der Waals surface area (Å²) in [6.07, 6.45) is 1.90. The molecule has 0 atom stereocenters. The second kappa shape index (κ2) is 10.5. The summed E-state index contributed by atoms with van der Waals surface area (Å²) in [6, 6.07) is 12.6. The average Bonchev–Trinajstić information content (AvgIpc) is 2.77. The summed E-state index contributed by atoms with van der Waals surface area (Å²) in [5.74, 6) is 1.41. The van der Waals surface area contributed by atoms with Gasteiger partial charge in [-0.15, -0.1) is 11.8 Å². The minimum absolute atomic E-state index is 0.0716. The van der Waals surface area contributed by atoms with Gasteiger partial charge in [0.2, 0.25) is 10.0 Å². The van der Waals surface area contributed by atoms with Gasteiger partial charge in [-0.25, -0.2) is 13.1 Å². The van der Waals surface area contributed by atoms with E-state index in [1.54, 1.807) is 22.7 Å². The molecule has 6 nitrogen and oxygen atoms in total. The van der Waals surface area contributed by atoms with Gasteiger partial charge in [-0.3, -0.25) is 4.79 Å². The average molecular weight is 463 g/mol. The first kappa shape index (κ1) is 23.6. The van der Waals surface area contributed by atoms with Gasteiger partial charge in [0, 0.05) is 30.3 Å². The molecule has 1 aliphatic rings. The second-order valence-corrected chi connectivity index (χ2v) is 10.8. The molecule has 2 aromatic rings. The number of methoxy groups -OCH3 is 1. The summed E-state index contributed by atoms with van der Waals surface area (Å²) in [4.78, 5) is 16.0. The van der Waals surface area contributed by atoms with Crippen molar-refractivity contribution in [2.45, 2.75) is 36.5 Å². The molecule has 0 unspecified atom stereocenters. The zero-order valence-corrected chi connectivity index (χ0v) is 19.9. The van der Waals surface area contributed by atoms with Gasteiger partial charge in [-0.1, -0.05) is 24.6 Å². The van der Waals surface area contributed by atoms with E-state index in [1.165, 1.54) is 24.8 Å². The lowest BCUT2D eigenvalue weighted by Crippen LogP contribution is -2.38. The highest BCUT2D eigenvalue weighted by atomic mass is 32.2. The van der Waals surface area contributed by atoms with E-state index in [-0.39, 0.29) is 16.4 Å². The van der Waals surface area contributed by atoms with Crippen molar-refractivity contribution in [3.8, 4) is 5.75 Å². The zero-order valence-electron chi connectivity index (χ0n) is 18.3. The fourth-order valence-electron chi connectivity index (χ4n) is 3.47. The molecule has 1 saturated heterocycles. The van der Waals surface area contributed by atoms with E-state index in [0.29, 0.717) is 37.1 Å². The Morgan fingerprint density at radius 2 is 1.84 bits per heavy atom. The fourth-order valence-corrected chi connectivity index (χ4v) is 5.42. The Morgan fingerprint density at radius 1 is 1.16 bits per heavy atom. The molecular weight excluding hydrogens is 432 g/mol. The smallest absolute Gasteiger partial charge is 0.257 e. The summed E-state index contributed by atoms with van der Waals surface area (Å²) in [7, 11) is -2.25. The zero-order chi connectivity index (χ0) is 22.4. The lowest BCUT2D eigenvalue weighted by Gasteiger charge is -2.30. The molecule has 1 N–H and O–H groups in total. The number of nitrogens with zero attached hydrogens (tertiary/aromatic N) is 1. The Bertz CT molecular complexity index is 999. The molecule has 0 spiro atoms. The van der Waals surface area contributed by atoms with Crippen molar-refractivity contribution in [1.29, 1.82) is 0 Å². The number of nitrogens with one attached hydrogen (secondary N) is 1. The van der Waals surface area contributed by atoms with E-state index < -0.39 is 10.0 Å². The van der Waals surface area contributed by atoms with E-state index in [9.17, 15) is 13.2 Å². The molecule has 8 heteroatoms. The van der Waals surface area contributed by atoms with Gasteiger partial charge in [0.25, 0.3) is 5.91 Å². The first-order valence-corrected chi connectivity index (χ1v) is 12.9. The number of thioether (sulfide) groups is 1. The van der Waals surface area contributed by atoms with Crippen molar-refractivity contribution in [3.05, 3.63) is 53.6 Å². The van der Waals surface area contributed by atoms with Crippen LogP contribution in [0.2, 0.25) is 0 Å². The standard InChI is InChI=1S/C23H30N2O4S2/c1-17-4-6-19(7-5-17)30-15-12-24-31(27,28)20-8-9-22(29-3)21(16-20)23(26)25-13-10-18(2)11-14-25/h4-9,16,18,24H,10-15H2,1-3H3. The van der Waals surface area contributed by atoms with Gasteiger partial charge in [-0.05, 0) is 56.0 Å². The van der Waals surface area contributed by atoms with Crippen LogP contribution in [0.15, 0.2) is 52.3 Å². The van der Waals surface area contributed by atoms with Gasteiger partial charge in [-0.2, -0.15) is 0 Å². The number of hydrogen-bond acceptors (Lipinski definition) is 5. The molecule has 1 amide bonds. The largest absolute Gasteiger partial charge is 0.496 e. The maximum Gasteiger partial charge on any atom is 0.257 e. The van der Waals surface area contributed by atoms with Crippen LogP contribution in [0.5, 0.6) is 5.75 Å². The van der Waals surface area contributed by atoms with Crippen LogP contribution in [0.1, 0.15) is 35.7 Å². The molecule has 0 aromatic heterocycles. The van der Waals surface area contributed by atoms with Gasteiger partial charge in [0.05, 0.1) is 17.6 Å². The third kappa shape index (κ3) is 6.24. The van der Waals surface area contributed by atoms with E-state index in [2.05, 4.69) is 11.6 Å². The van der Waals surface area contributed by atoms with E-state index in [0.717, 1.165) is 17.7 Å². The molecule has 31 heavy (non-hydrogen) atoms. The number of sulfonamides is 1. The third-order valence-corrected chi connectivity index (χ3v) is 7.94. The summed E-state index contributed by atoms with van der Waals surface area (Å²) >= 11 is 1.59. The van der Waals surface area contributed by atoms with Gasteiger partial charge in [0.1, 0.15) is 5.75 Å². The molecule has 0 saturated carbocycles. The maximum atomic E-state index is 13.0. The monoisotopic (exact) mass is 462 g/mol. The molecule has 0 aliphatic carbocycles. The normalized spacial score (nSPS) is 15.1. The van der Waals surface area contributed by atoms with Crippen molar-refractivity contribution in [1.82, 2.24) is 9.62 Å². The number of carbonyl (C=O) groups excluding carboxylic acids is 1. The van der Waals surface area contributed by atoms with Gasteiger partial charge < -0.3 is 9.64 Å². The quantitative estimate of drug-likeness (QED) is 0.475. The molecular formula is C23H30N2O4S2. The van der Waals surface area contributed by atoms with Crippen LogP contribution in [0, 0.1) is 12.8 Å². The Balaban J connectivity index is 1.67. The minimum Gasteiger partial charge on any atom is -0.496 e. The number of ether oxygens (including phenoxy) is 1. The summed E-state index contributed by atoms with van der Waals surface area (Å²) < 4.78 is 33.6. The van der Waals surface area contributed by atoms with Crippen molar-refractivity contribution < 1.29 is 17.9 Å². The summed E-state index contributed by atoms with van der Waals surface area (Å²) in [5, 5.41) is 0. The van der Waals surface area contributed by atoms with Crippen LogP contribution >= 0.6 is 11.8 Å². The molecule has 168 valence electrons. The van der Waals surface area contributed by atoms with Crippen LogP contribution in [-0.4, -0.2) is 51.7 Å². The molecule has 1 fully saturated rings. The first-order chi connectivity index (χ1) is 14.8. The lowest BCUT2D eigenvalue weighted by molar-refractivity contribution is 0.0693. The number of likely N-dealkylation sites (tertiary alicyclic amines) is 1. The molecule has 0 radical (unpaired) electrons. The highest BCUT2D eigenvalue weighted by molar-refractivity contribution is 7.99. The number of amides is 1. The molecule has 0 bridgehead atoms. The van der Waals surface area contributed by atoms with E-state index in [1.807, 2.05) is 31.2 Å². The maximum absolute atomic E-state index is 13.0. The van der Waals surface area contributed by atoms with E-state index in [4.69, 9.17) is 4.74 Å². The van der Waals surface area contributed by atoms with Crippen LogP contribution in [0.25, 0.3) is 0 Å². The lowest BCUT2D eigenvalue weighted by atomic mass is 9.98. The number of piperidine rings is 1. The first-order valence-electron chi connectivity index (χ1n) is 10.5. The molecule has 3 rings (SSSR count). The fraction of sp³-hybridized carbons (Fsp3) is 0.435. The number of rotatable bonds is 8. The molecule has 1 heterocycles. The minimum atomic E-state index is -3.73. The van der Waals surface area contributed by atoms with Crippen LogP contribution in [0.4, 0.5) is 0 Å². The number of hydrogen-bond donors (Lipinski definition) is 1. The van der Waals surface area contributed by atoms with Crippen molar-refractivity contribution in [2.24, 2.45) is 5.92 Å². The van der Waals surface area contributed by atoms with Crippen molar-refractivity contribution in [2.75, 3.05) is 32.5 Å². The number of carbonyl (C=O) groups is 1. The highest BCUT2D eigenvalue weighted by Gasteiger charge is 2.26. The van der Waals surface area contributed by atoms with E-state index >= 15 is 0 Å².